The summed E-state index contributed by atoms with van der Waals surface area (Å²) in [7, 11) is 1.57. The standard InChI is InChI=1S/C23H21N3O4/c1-25(23(28)18-11-13-19(14-12-18)26(29)30)21-10-6-5-9-20(21)22(27)24-16-15-17-7-3-2-4-8-17/h2-14H,15-16H2,1H3,(H,24,27). The van der Waals surface area contributed by atoms with Gasteiger partial charge in [0.2, 0.25) is 0 Å². The number of benzene rings is 3. The van der Waals surface area contributed by atoms with Crippen LogP contribution in [0.1, 0.15) is 26.3 Å². The maximum atomic E-state index is 12.8. The van der Waals surface area contributed by atoms with Gasteiger partial charge in [-0.2, -0.15) is 0 Å². The first kappa shape index (κ1) is 20.7. The Morgan fingerprint density at radius 1 is 0.933 bits per heavy atom. The van der Waals surface area contributed by atoms with Crippen LogP contribution in [0.3, 0.4) is 0 Å². The molecule has 2 amide bonds. The van der Waals surface area contributed by atoms with Gasteiger partial charge < -0.3 is 10.2 Å². The van der Waals surface area contributed by atoms with Crippen LogP contribution in [0.5, 0.6) is 0 Å². The number of nitrogens with zero attached hydrogens (tertiary/aromatic N) is 2. The molecule has 0 saturated heterocycles. The van der Waals surface area contributed by atoms with Gasteiger partial charge in [-0.25, -0.2) is 0 Å². The predicted octanol–water partition coefficient (Wildman–Crippen LogP) is 3.84. The van der Waals surface area contributed by atoms with Crippen molar-refractivity contribution in [3.8, 4) is 0 Å². The molecule has 30 heavy (non-hydrogen) atoms. The Kier molecular flexibility index (Phi) is 6.54. The minimum Gasteiger partial charge on any atom is -0.352 e. The minimum atomic E-state index is -0.521. The lowest BCUT2D eigenvalue weighted by Gasteiger charge is -2.20. The van der Waals surface area contributed by atoms with Crippen molar-refractivity contribution in [3.05, 3.63) is 106 Å². The van der Waals surface area contributed by atoms with Crippen molar-refractivity contribution in [1.82, 2.24) is 5.32 Å². The fraction of sp³-hybridized carbons (Fsp3) is 0.130. The molecule has 0 aromatic heterocycles. The van der Waals surface area contributed by atoms with E-state index >= 15 is 0 Å². The van der Waals surface area contributed by atoms with Gasteiger partial charge in [0, 0.05) is 31.3 Å². The second kappa shape index (κ2) is 9.47. The number of non-ortho nitro benzene ring substituents is 1. The first-order valence-electron chi connectivity index (χ1n) is 9.41. The summed E-state index contributed by atoms with van der Waals surface area (Å²) in [5, 5.41) is 13.7. The number of carbonyl (C=O) groups excluding carboxylic acids is 2. The SMILES string of the molecule is CN(C(=O)c1ccc([N+](=O)[O-])cc1)c1ccccc1C(=O)NCCc1ccccc1. The average Bonchev–Trinajstić information content (AvgIpc) is 2.78. The van der Waals surface area contributed by atoms with E-state index < -0.39 is 4.92 Å². The largest absolute Gasteiger partial charge is 0.352 e. The monoisotopic (exact) mass is 403 g/mol. The second-order valence-electron chi connectivity index (χ2n) is 6.68. The van der Waals surface area contributed by atoms with E-state index in [0.29, 0.717) is 29.8 Å². The van der Waals surface area contributed by atoms with Crippen molar-refractivity contribution in [1.29, 1.82) is 0 Å². The van der Waals surface area contributed by atoms with Crippen LogP contribution in [0.25, 0.3) is 0 Å². The third-order valence-electron chi connectivity index (χ3n) is 4.68. The summed E-state index contributed by atoms with van der Waals surface area (Å²) >= 11 is 0. The summed E-state index contributed by atoms with van der Waals surface area (Å²) < 4.78 is 0. The van der Waals surface area contributed by atoms with E-state index in [1.54, 1.807) is 31.3 Å². The van der Waals surface area contributed by atoms with Crippen molar-refractivity contribution in [2.24, 2.45) is 0 Å². The van der Waals surface area contributed by atoms with Crippen molar-refractivity contribution < 1.29 is 14.5 Å². The molecule has 3 aromatic rings. The summed E-state index contributed by atoms with van der Waals surface area (Å²) in [5.41, 5.74) is 2.16. The quantitative estimate of drug-likeness (QED) is 0.479. The highest BCUT2D eigenvalue weighted by Gasteiger charge is 2.20. The molecule has 0 atom stereocenters. The Morgan fingerprint density at radius 2 is 1.57 bits per heavy atom. The lowest BCUT2D eigenvalue weighted by molar-refractivity contribution is -0.384. The first-order valence-corrected chi connectivity index (χ1v) is 9.41. The molecule has 0 bridgehead atoms. The topological polar surface area (TPSA) is 92.6 Å². The van der Waals surface area contributed by atoms with Crippen molar-refractivity contribution >= 4 is 23.2 Å². The zero-order valence-electron chi connectivity index (χ0n) is 16.4. The van der Waals surface area contributed by atoms with Gasteiger partial charge in [-0.3, -0.25) is 19.7 Å². The zero-order valence-corrected chi connectivity index (χ0v) is 16.4. The number of anilines is 1. The lowest BCUT2D eigenvalue weighted by atomic mass is 10.1. The van der Waals surface area contributed by atoms with Gasteiger partial charge in [0.1, 0.15) is 0 Å². The molecule has 1 N–H and O–H groups in total. The van der Waals surface area contributed by atoms with Gasteiger partial charge in [-0.15, -0.1) is 0 Å². The third kappa shape index (κ3) is 4.88. The number of nitro benzene ring substituents is 1. The number of para-hydroxylation sites is 1. The molecular weight excluding hydrogens is 382 g/mol. The van der Waals surface area contributed by atoms with E-state index in [9.17, 15) is 19.7 Å². The highest BCUT2D eigenvalue weighted by atomic mass is 16.6. The second-order valence-corrected chi connectivity index (χ2v) is 6.68. The maximum Gasteiger partial charge on any atom is 0.269 e. The summed E-state index contributed by atoms with van der Waals surface area (Å²) in [5.74, 6) is -0.640. The molecule has 7 nitrogen and oxygen atoms in total. The van der Waals surface area contributed by atoms with Crippen LogP contribution >= 0.6 is 0 Å². The Bertz CT molecular complexity index is 1050. The number of nitro groups is 1. The van der Waals surface area contributed by atoms with Crippen LogP contribution in [0.4, 0.5) is 11.4 Å². The maximum absolute atomic E-state index is 12.8. The molecular formula is C23H21N3O4. The fourth-order valence-electron chi connectivity index (χ4n) is 3.05. The van der Waals surface area contributed by atoms with Gasteiger partial charge in [0.05, 0.1) is 16.2 Å². The van der Waals surface area contributed by atoms with Gasteiger partial charge in [0.15, 0.2) is 0 Å². The van der Waals surface area contributed by atoms with Crippen LogP contribution in [0, 0.1) is 10.1 Å². The van der Waals surface area contributed by atoms with Gasteiger partial charge in [-0.1, -0.05) is 42.5 Å². The van der Waals surface area contributed by atoms with Crippen LogP contribution in [0.15, 0.2) is 78.9 Å². The highest BCUT2D eigenvalue weighted by molar-refractivity contribution is 6.10. The molecule has 0 radical (unpaired) electrons. The Balaban J connectivity index is 1.72. The summed E-state index contributed by atoms with van der Waals surface area (Å²) in [6.45, 7) is 0.469. The molecule has 0 aliphatic heterocycles. The van der Waals surface area contributed by atoms with Crippen LogP contribution < -0.4 is 10.2 Å². The molecule has 0 fully saturated rings. The Labute approximate surface area is 174 Å². The number of hydrogen-bond donors (Lipinski definition) is 1. The summed E-state index contributed by atoms with van der Waals surface area (Å²) in [4.78, 5) is 37.2. The van der Waals surface area contributed by atoms with Crippen molar-refractivity contribution in [3.63, 3.8) is 0 Å². The third-order valence-corrected chi connectivity index (χ3v) is 4.68. The normalized spacial score (nSPS) is 10.3. The van der Waals surface area contributed by atoms with Crippen molar-refractivity contribution in [2.75, 3.05) is 18.5 Å². The molecule has 0 unspecified atom stereocenters. The minimum absolute atomic E-state index is 0.0904. The molecule has 3 aromatic carbocycles. The molecule has 3 rings (SSSR count). The fourth-order valence-corrected chi connectivity index (χ4v) is 3.05. The molecule has 7 heteroatoms. The van der Waals surface area contributed by atoms with Crippen LogP contribution in [0.2, 0.25) is 0 Å². The number of rotatable bonds is 7. The van der Waals surface area contributed by atoms with E-state index in [0.717, 1.165) is 5.56 Å². The van der Waals surface area contributed by atoms with Gasteiger partial charge in [-0.05, 0) is 36.2 Å². The van der Waals surface area contributed by atoms with Gasteiger partial charge >= 0.3 is 0 Å². The Morgan fingerprint density at radius 3 is 2.23 bits per heavy atom. The first-order chi connectivity index (χ1) is 14.5. The average molecular weight is 403 g/mol. The van der Waals surface area contributed by atoms with E-state index in [2.05, 4.69) is 5.32 Å². The molecule has 0 aliphatic rings. The molecule has 152 valence electrons. The zero-order chi connectivity index (χ0) is 21.5. The number of carbonyl (C=O) groups is 2. The van der Waals surface area contributed by atoms with Crippen LogP contribution in [-0.4, -0.2) is 30.3 Å². The van der Waals surface area contributed by atoms with Crippen molar-refractivity contribution in [2.45, 2.75) is 6.42 Å². The molecule has 0 aliphatic carbocycles. The van der Waals surface area contributed by atoms with Gasteiger partial charge in [0.25, 0.3) is 17.5 Å². The summed E-state index contributed by atoms with van der Waals surface area (Å²) in [6.07, 6.45) is 0.701. The smallest absolute Gasteiger partial charge is 0.269 e. The summed E-state index contributed by atoms with van der Waals surface area (Å²) in [6, 6.07) is 22.0. The van der Waals surface area contributed by atoms with Crippen LogP contribution in [-0.2, 0) is 6.42 Å². The highest BCUT2D eigenvalue weighted by Crippen LogP contribution is 2.22. The predicted molar refractivity (Wildman–Crippen MR) is 115 cm³/mol. The van der Waals surface area contributed by atoms with E-state index in [1.807, 2.05) is 30.3 Å². The molecule has 0 spiro atoms. The molecule has 0 saturated carbocycles. The number of nitrogens with one attached hydrogen (secondary N) is 1. The molecule has 0 heterocycles. The number of amides is 2. The van der Waals surface area contributed by atoms with E-state index in [4.69, 9.17) is 0 Å². The van der Waals surface area contributed by atoms with E-state index in [-0.39, 0.29) is 17.5 Å². The number of hydrogen-bond acceptors (Lipinski definition) is 4. The lowest BCUT2D eigenvalue weighted by Crippen LogP contribution is -2.31. The Hall–Kier alpha value is -4.00. The van der Waals surface area contributed by atoms with E-state index in [1.165, 1.54) is 29.2 Å².